The van der Waals surface area contributed by atoms with E-state index >= 15 is 0 Å². The van der Waals surface area contributed by atoms with E-state index in [9.17, 15) is 8.78 Å². The predicted molar refractivity (Wildman–Crippen MR) is 43.0 cm³/mol. The smallest absolute Gasteiger partial charge is 0.248 e. The third kappa shape index (κ3) is 1.35. The van der Waals surface area contributed by atoms with Crippen LogP contribution in [-0.4, -0.2) is 12.0 Å². The number of halogens is 2. The lowest BCUT2D eigenvalue weighted by Gasteiger charge is -2.44. The molecular formula is C9H15F2N. The van der Waals surface area contributed by atoms with Crippen LogP contribution in [0.2, 0.25) is 0 Å². The van der Waals surface area contributed by atoms with Gasteiger partial charge < -0.3 is 5.73 Å². The van der Waals surface area contributed by atoms with Gasteiger partial charge in [0.15, 0.2) is 0 Å². The van der Waals surface area contributed by atoms with Gasteiger partial charge in [0.2, 0.25) is 5.92 Å². The van der Waals surface area contributed by atoms with Gasteiger partial charge in [-0.25, -0.2) is 8.78 Å². The molecule has 0 aromatic rings. The normalized spacial score (nSPS) is 32.2. The molecular weight excluding hydrogens is 160 g/mol. The average Bonchev–Trinajstić information content (AvgIpc) is 1.77. The second-order valence-electron chi connectivity index (χ2n) is 4.29. The predicted octanol–water partition coefficient (Wildman–Crippen LogP) is 2.16. The van der Waals surface area contributed by atoms with Crippen molar-refractivity contribution in [2.45, 2.75) is 44.1 Å². The van der Waals surface area contributed by atoms with Crippen molar-refractivity contribution in [2.75, 3.05) is 0 Å². The molecule has 2 rings (SSSR count). The molecule has 3 heteroatoms. The van der Waals surface area contributed by atoms with Crippen LogP contribution in [0.25, 0.3) is 0 Å². The number of rotatable bonds is 2. The summed E-state index contributed by atoms with van der Waals surface area (Å²) in [6, 6.07) is 0.0541. The quantitative estimate of drug-likeness (QED) is 0.683. The van der Waals surface area contributed by atoms with E-state index in [0.717, 1.165) is 12.8 Å². The van der Waals surface area contributed by atoms with Crippen molar-refractivity contribution in [1.29, 1.82) is 0 Å². The highest BCUT2D eigenvalue weighted by Gasteiger charge is 2.49. The second kappa shape index (κ2) is 2.66. The first-order chi connectivity index (χ1) is 5.58. The van der Waals surface area contributed by atoms with Crippen LogP contribution in [0.4, 0.5) is 8.78 Å². The Balaban J connectivity index is 1.79. The number of hydrogen-bond acceptors (Lipinski definition) is 1. The van der Waals surface area contributed by atoms with Gasteiger partial charge in [-0.05, 0) is 24.7 Å². The molecule has 2 aliphatic carbocycles. The average molecular weight is 175 g/mol. The van der Waals surface area contributed by atoms with E-state index in [2.05, 4.69) is 0 Å². The summed E-state index contributed by atoms with van der Waals surface area (Å²) < 4.78 is 25.0. The molecule has 70 valence electrons. The van der Waals surface area contributed by atoms with Crippen LogP contribution in [0.15, 0.2) is 0 Å². The lowest BCUT2D eigenvalue weighted by Crippen LogP contribution is -2.50. The lowest BCUT2D eigenvalue weighted by molar-refractivity contribution is -0.123. The fourth-order valence-corrected chi connectivity index (χ4v) is 2.19. The van der Waals surface area contributed by atoms with Crippen molar-refractivity contribution >= 4 is 0 Å². The van der Waals surface area contributed by atoms with Gasteiger partial charge in [0, 0.05) is 18.9 Å². The minimum absolute atomic E-state index is 0.0324. The molecule has 0 aromatic carbocycles. The summed E-state index contributed by atoms with van der Waals surface area (Å²) in [6.45, 7) is 0. The largest absolute Gasteiger partial charge is 0.327 e. The highest BCUT2D eigenvalue weighted by molar-refractivity contribution is 4.95. The van der Waals surface area contributed by atoms with Crippen molar-refractivity contribution in [2.24, 2.45) is 17.6 Å². The Kier molecular flexibility index (Phi) is 1.86. The first kappa shape index (κ1) is 8.42. The van der Waals surface area contributed by atoms with Gasteiger partial charge in [-0.1, -0.05) is 6.42 Å². The monoisotopic (exact) mass is 175 g/mol. The van der Waals surface area contributed by atoms with E-state index in [4.69, 9.17) is 5.73 Å². The zero-order valence-corrected chi connectivity index (χ0v) is 7.10. The van der Waals surface area contributed by atoms with E-state index < -0.39 is 5.92 Å². The zero-order valence-electron chi connectivity index (χ0n) is 7.10. The molecule has 2 aliphatic rings. The molecule has 1 unspecified atom stereocenters. The summed E-state index contributed by atoms with van der Waals surface area (Å²) >= 11 is 0. The molecule has 0 bridgehead atoms. The third-order valence-electron chi connectivity index (χ3n) is 3.36. The number of alkyl halides is 2. The fourth-order valence-electron chi connectivity index (χ4n) is 2.19. The van der Waals surface area contributed by atoms with Crippen LogP contribution >= 0.6 is 0 Å². The van der Waals surface area contributed by atoms with Crippen molar-refractivity contribution in [1.82, 2.24) is 0 Å². The minimum Gasteiger partial charge on any atom is -0.327 e. The third-order valence-corrected chi connectivity index (χ3v) is 3.36. The van der Waals surface area contributed by atoms with E-state index in [1.807, 2.05) is 0 Å². The van der Waals surface area contributed by atoms with Gasteiger partial charge in [0.1, 0.15) is 0 Å². The molecule has 2 N–H and O–H groups in total. The summed E-state index contributed by atoms with van der Waals surface area (Å²) in [7, 11) is 0. The molecule has 0 aromatic heterocycles. The van der Waals surface area contributed by atoms with Gasteiger partial charge >= 0.3 is 0 Å². The summed E-state index contributed by atoms with van der Waals surface area (Å²) in [6.07, 6.45) is 3.61. The van der Waals surface area contributed by atoms with E-state index in [-0.39, 0.29) is 24.8 Å². The Labute approximate surface area is 71.3 Å². The van der Waals surface area contributed by atoms with Crippen LogP contribution in [0.3, 0.4) is 0 Å². The number of nitrogens with two attached hydrogens (primary N) is 1. The van der Waals surface area contributed by atoms with Gasteiger partial charge in [-0.3, -0.25) is 0 Å². The molecule has 12 heavy (non-hydrogen) atoms. The van der Waals surface area contributed by atoms with Crippen LogP contribution in [0.5, 0.6) is 0 Å². The van der Waals surface area contributed by atoms with Crippen LogP contribution in [0, 0.1) is 11.8 Å². The first-order valence-corrected chi connectivity index (χ1v) is 4.72. The molecule has 0 heterocycles. The molecule has 2 fully saturated rings. The lowest BCUT2D eigenvalue weighted by atomic mass is 9.67. The summed E-state index contributed by atoms with van der Waals surface area (Å²) in [4.78, 5) is 0. The minimum atomic E-state index is -2.40. The van der Waals surface area contributed by atoms with Crippen molar-refractivity contribution < 1.29 is 8.78 Å². The van der Waals surface area contributed by atoms with Gasteiger partial charge in [0.25, 0.3) is 0 Å². The highest BCUT2D eigenvalue weighted by Crippen LogP contribution is 2.47. The fraction of sp³-hybridized carbons (Fsp3) is 1.00. The van der Waals surface area contributed by atoms with Crippen molar-refractivity contribution in [3.05, 3.63) is 0 Å². The maximum atomic E-state index is 12.5. The molecule has 0 radical (unpaired) electrons. The highest BCUT2D eigenvalue weighted by atomic mass is 19.3. The van der Waals surface area contributed by atoms with Gasteiger partial charge in [0.05, 0.1) is 0 Å². The Bertz CT molecular complexity index is 169. The second-order valence-corrected chi connectivity index (χ2v) is 4.29. The molecule has 0 aliphatic heterocycles. The van der Waals surface area contributed by atoms with Gasteiger partial charge in [-0.15, -0.1) is 0 Å². The van der Waals surface area contributed by atoms with E-state index in [1.165, 1.54) is 6.42 Å². The maximum Gasteiger partial charge on any atom is 0.248 e. The maximum absolute atomic E-state index is 12.5. The van der Waals surface area contributed by atoms with Crippen LogP contribution < -0.4 is 5.73 Å². The van der Waals surface area contributed by atoms with E-state index in [0.29, 0.717) is 5.92 Å². The Hall–Kier alpha value is -0.180. The van der Waals surface area contributed by atoms with Crippen LogP contribution in [-0.2, 0) is 0 Å². The first-order valence-electron chi connectivity index (χ1n) is 4.72. The van der Waals surface area contributed by atoms with Crippen molar-refractivity contribution in [3.63, 3.8) is 0 Å². The van der Waals surface area contributed by atoms with Crippen LogP contribution in [0.1, 0.15) is 32.1 Å². The van der Waals surface area contributed by atoms with Gasteiger partial charge in [-0.2, -0.15) is 0 Å². The molecule has 0 saturated heterocycles. The standard InChI is InChI=1S/C9H15F2N/c10-9(11)4-7(5-9)8(12)6-2-1-3-6/h6-8H,1-5,12H2. The van der Waals surface area contributed by atoms with Crippen molar-refractivity contribution in [3.8, 4) is 0 Å². The molecule has 1 atom stereocenters. The molecule has 0 amide bonds. The Morgan fingerprint density at radius 1 is 1.17 bits per heavy atom. The molecule has 0 spiro atoms. The zero-order chi connectivity index (χ0) is 8.77. The number of hydrogen-bond donors (Lipinski definition) is 1. The molecule has 1 nitrogen and oxygen atoms in total. The summed E-state index contributed by atoms with van der Waals surface area (Å²) in [5, 5.41) is 0. The topological polar surface area (TPSA) is 26.0 Å². The Morgan fingerprint density at radius 2 is 1.75 bits per heavy atom. The SMILES string of the molecule is NC(C1CCC1)C1CC(F)(F)C1. The molecule has 2 saturated carbocycles. The summed E-state index contributed by atoms with van der Waals surface area (Å²) in [5.74, 6) is -1.75. The Morgan fingerprint density at radius 3 is 2.08 bits per heavy atom. The summed E-state index contributed by atoms with van der Waals surface area (Å²) in [5.41, 5.74) is 5.87. The van der Waals surface area contributed by atoms with E-state index in [1.54, 1.807) is 0 Å².